The number of rotatable bonds is 0. The van der Waals surface area contributed by atoms with Crippen LogP contribution >= 0.6 is 12.2 Å². The van der Waals surface area contributed by atoms with Gasteiger partial charge in [-0.3, -0.25) is 5.32 Å². The molecule has 0 aromatic carbocycles. The van der Waals surface area contributed by atoms with Crippen molar-refractivity contribution in [2.75, 3.05) is 6.67 Å². The average molecular weight is 195 g/mol. The maximum absolute atomic E-state index is 5.34. The Kier molecular flexibility index (Phi) is 1.60. The van der Waals surface area contributed by atoms with Gasteiger partial charge in [0.15, 0.2) is 0 Å². The molecule has 3 aliphatic rings. The highest BCUT2D eigenvalue weighted by molar-refractivity contribution is 7.93. The number of hydrogen-bond acceptors (Lipinski definition) is 5. The minimum Gasteiger partial charge on any atom is -0.404 e. The van der Waals surface area contributed by atoms with E-state index in [1.54, 1.807) is 0 Å². The molecule has 0 radical (unpaired) electrons. The van der Waals surface area contributed by atoms with Gasteiger partial charge in [0.25, 0.3) is 0 Å². The quantitative estimate of drug-likeness (QED) is 0.441. The van der Waals surface area contributed by atoms with Crippen LogP contribution in [0.1, 0.15) is 6.42 Å². The smallest absolute Gasteiger partial charge is 0.201 e. The molecule has 1 saturated heterocycles. The zero-order chi connectivity index (χ0) is 8.67. The summed E-state index contributed by atoms with van der Waals surface area (Å²) in [6.45, 7) is 0.839. The summed E-state index contributed by atoms with van der Waals surface area (Å²) in [7, 11) is 0. The third kappa shape index (κ3) is 1.08. The van der Waals surface area contributed by atoms with Crippen LogP contribution in [0.15, 0.2) is 27.5 Å². The highest BCUT2D eigenvalue weighted by atomic mass is 32.2. The number of allylic oxidation sites excluding steroid dienone is 1. The van der Waals surface area contributed by atoms with Crippen LogP contribution in [0.5, 0.6) is 0 Å². The average Bonchev–Trinajstić information content (AvgIpc) is 2.65. The fraction of sp³-hybridized carbons (Fsp3) is 0.375. The van der Waals surface area contributed by atoms with E-state index in [0.717, 1.165) is 36.7 Å². The second kappa shape index (κ2) is 2.78. The van der Waals surface area contributed by atoms with Crippen LogP contribution in [0.2, 0.25) is 0 Å². The number of hydrogen-bond donors (Lipinski definition) is 2. The van der Waals surface area contributed by atoms with Crippen molar-refractivity contribution in [3.05, 3.63) is 23.1 Å². The summed E-state index contributed by atoms with van der Waals surface area (Å²) in [5, 5.41) is 6.66. The van der Waals surface area contributed by atoms with Crippen molar-refractivity contribution in [3.63, 3.8) is 0 Å². The summed E-state index contributed by atoms with van der Waals surface area (Å²) < 4.78 is 9.37. The molecular weight excluding hydrogens is 186 g/mol. The van der Waals surface area contributed by atoms with Gasteiger partial charge in [-0.2, -0.15) is 4.40 Å². The van der Waals surface area contributed by atoms with E-state index in [2.05, 4.69) is 21.1 Å². The maximum atomic E-state index is 5.34. The van der Waals surface area contributed by atoms with Crippen molar-refractivity contribution in [1.29, 1.82) is 0 Å². The van der Waals surface area contributed by atoms with Crippen LogP contribution in [0.25, 0.3) is 0 Å². The van der Waals surface area contributed by atoms with E-state index in [9.17, 15) is 0 Å². The molecule has 1 fully saturated rings. The fourth-order valence-electron chi connectivity index (χ4n) is 1.79. The summed E-state index contributed by atoms with van der Waals surface area (Å²) in [5.41, 5.74) is 2.32. The van der Waals surface area contributed by atoms with E-state index in [-0.39, 0.29) is 0 Å². The van der Waals surface area contributed by atoms with E-state index in [0.29, 0.717) is 6.04 Å². The number of nitrogens with one attached hydrogen (secondary N) is 2. The molecule has 2 N–H and O–H groups in total. The fourth-order valence-corrected chi connectivity index (χ4v) is 2.22. The van der Waals surface area contributed by atoms with Crippen LogP contribution in [0, 0.1) is 0 Å². The standard InChI is InChI=1S/C8H9N3OS/c1-2-7-5(3-11-13-12-7)8-6(1)9-4-10-8/h2-3,6,9-10H,1,4H2. The summed E-state index contributed by atoms with van der Waals surface area (Å²) in [4.78, 5) is 0. The van der Waals surface area contributed by atoms with Gasteiger partial charge in [0.1, 0.15) is 5.76 Å². The normalized spacial score (nSPS) is 30.2. The Bertz CT molecular complexity index is 334. The first-order valence-corrected chi connectivity index (χ1v) is 4.94. The summed E-state index contributed by atoms with van der Waals surface area (Å²) in [5.74, 6) is 0.947. The lowest BCUT2D eigenvalue weighted by Gasteiger charge is -2.21. The van der Waals surface area contributed by atoms with Crippen LogP contribution in [-0.4, -0.2) is 18.9 Å². The molecule has 0 aromatic heterocycles. The minimum absolute atomic E-state index is 0.428. The minimum atomic E-state index is 0.428. The molecule has 0 saturated carbocycles. The highest BCUT2D eigenvalue weighted by Crippen LogP contribution is 2.31. The molecule has 5 heteroatoms. The van der Waals surface area contributed by atoms with Gasteiger partial charge < -0.3 is 9.50 Å². The Morgan fingerprint density at radius 3 is 3.62 bits per heavy atom. The molecule has 2 heterocycles. The molecule has 1 atom stereocenters. The van der Waals surface area contributed by atoms with Crippen molar-refractivity contribution in [3.8, 4) is 0 Å². The second-order valence-electron chi connectivity index (χ2n) is 3.13. The lowest BCUT2D eigenvalue weighted by Crippen LogP contribution is -2.26. The molecule has 0 spiro atoms. The molecule has 0 bridgehead atoms. The van der Waals surface area contributed by atoms with Crippen LogP contribution in [-0.2, 0) is 4.18 Å². The van der Waals surface area contributed by atoms with E-state index < -0.39 is 0 Å². The van der Waals surface area contributed by atoms with Gasteiger partial charge in [0, 0.05) is 5.70 Å². The predicted octanol–water partition coefficient (Wildman–Crippen LogP) is 0.711. The first-order chi connectivity index (χ1) is 6.45. The van der Waals surface area contributed by atoms with Crippen molar-refractivity contribution in [2.45, 2.75) is 12.5 Å². The maximum Gasteiger partial charge on any atom is 0.201 e. The van der Waals surface area contributed by atoms with Crippen LogP contribution in [0.3, 0.4) is 0 Å². The third-order valence-electron chi connectivity index (χ3n) is 2.42. The van der Waals surface area contributed by atoms with Gasteiger partial charge in [0.2, 0.25) is 12.2 Å². The predicted molar refractivity (Wildman–Crippen MR) is 51.8 cm³/mol. The SMILES string of the molecule is C1=NSOC2=CCC3NCNC3=C12. The van der Waals surface area contributed by atoms with E-state index in [4.69, 9.17) is 4.18 Å². The van der Waals surface area contributed by atoms with Gasteiger partial charge in [-0.15, -0.1) is 0 Å². The van der Waals surface area contributed by atoms with Gasteiger partial charge in [-0.25, -0.2) is 0 Å². The first kappa shape index (κ1) is 7.46. The van der Waals surface area contributed by atoms with Gasteiger partial charge >= 0.3 is 0 Å². The summed E-state index contributed by atoms with van der Waals surface area (Å²) in [6, 6.07) is 0.428. The van der Waals surface area contributed by atoms with Crippen molar-refractivity contribution in [1.82, 2.24) is 10.6 Å². The number of fused-ring (bicyclic) bond motifs is 2. The lowest BCUT2D eigenvalue weighted by molar-refractivity contribution is 0.496. The molecule has 1 unspecified atom stereocenters. The number of nitrogens with zero attached hydrogens (tertiary/aromatic N) is 1. The molecule has 4 nitrogen and oxygen atoms in total. The monoisotopic (exact) mass is 195 g/mol. The van der Waals surface area contributed by atoms with Crippen molar-refractivity contribution < 1.29 is 4.18 Å². The summed E-state index contributed by atoms with van der Waals surface area (Å²) in [6.07, 6.45) is 4.97. The second-order valence-corrected chi connectivity index (χ2v) is 3.66. The Morgan fingerprint density at radius 2 is 2.62 bits per heavy atom. The van der Waals surface area contributed by atoms with Crippen LogP contribution < -0.4 is 10.6 Å². The Hall–Kier alpha value is -0.940. The molecular formula is C8H9N3OS. The van der Waals surface area contributed by atoms with Gasteiger partial charge in [-0.05, 0) is 12.5 Å². The third-order valence-corrected chi connectivity index (χ3v) is 2.87. The topological polar surface area (TPSA) is 45.6 Å². The zero-order valence-electron chi connectivity index (χ0n) is 6.91. The van der Waals surface area contributed by atoms with Crippen LogP contribution in [0.4, 0.5) is 0 Å². The molecule has 2 aliphatic heterocycles. The highest BCUT2D eigenvalue weighted by Gasteiger charge is 2.29. The molecule has 68 valence electrons. The van der Waals surface area contributed by atoms with Crippen molar-refractivity contribution >= 4 is 18.4 Å². The molecule has 1 aliphatic carbocycles. The lowest BCUT2D eigenvalue weighted by atomic mass is 9.99. The largest absolute Gasteiger partial charge is 0.404 e. The van der Waals surface area contributed by atoms with E-state index in [1.807, 2.05) is 6.21 Å². The molecule has 3 rings (SSSR count). The first-order valence-electron chi connectivity index (χ1n) is 4.24. The van der Waals surface area contributed by atoms with E-state index >= 15 is 0 Å². The Morgan fingerprint density at radius 1 is 1.62 bits per heavy atom. The van der Waals surface area contributed by atoms with E-state index in [1.165, 1.54) is 5.70 Å². The van der Waals surface area contributed by atoms with Gasteiger partial charge in [0.05, 0.1) is 24.5 Å². The molecule has 0 aromatic rings. The summed E-state index contributed by atoms with van der Waals surface area (Å²) >= 11 is 1.13. The Balaban J connectivity index is 2.09. The van der Waals surface area contributed by atoms with Crippen molar-refractivity contribution in [2.24, 2.45) is 4.40 Å². The van der Waals surface area contributed by atoms with Gasteiger partial charge in [-0.1, -0.05) is 0 Å². The zero-order valence-corrected chi connectivity index (χ0v) is 7.73. The Labute approximate surface area is 80.5 Å². The molecule has 0 amide bonds. The molecule has 13 heavy (non-hydrogen) atoms.